The Kier molecular flexibility index (Phi) is 6.13. The fourth-order valence-electron chi connectivity index (χ4n) is 2.04. The van der Waals surface area contributed by atoms with E-state index in [1.807, 2.05) is 27.7 Å². The van der Waals surface area contributed by atoms with Crippen molar-refractivity contribution in [2.75, 3.05) is 12.3 Å². The van der Waals surface area contributed by atoms with E-state index >= 15 is 0 Å². The van der Waals surface area contributed by atoms with Crippen molar-refractivity contribution in [3.8, 4) is 0 Å². The van der Waals surface area contributed by atoms with Crippen molar-refractivity contribution >= 4 is 23.6 Å². The van der Waals surface area contributed by atoms with Gasteiger partial charge in [-0.05, 0) is 19.3 Å². The molecule has 3 unspecified atom stereocenters. The maximum Gasteiger partial charge on any atom is 0.327 e. The van der Waals surface area contributed by atoms with Crippen molar-refractivity contribution in [1.29, 1.82) is 0 Å². The van der Waals surface area contributed by atoms with Crippen molar-refractivity contribution in [2.24, 2.45) is 5.92 Å². The molecule has 1 fully saturated rings. The van der Waals surface area contributed by atoms with Crippen molar-refractivity contribution in [1.82, 2.24) is 10.2 Å². The molecule has 3 atom stereocenters. The average molecular weight is 288 g/mol. The Morgan fingerprint density at radius 1 is 1.42 bits per heavy atom. The molecule has 2 N–H and O–H groups in total. The summed E-state index contributed by atoms with van der Waals surface area (Å²) in [7, 11) is 0. The maximum atomic E-state index is 12.3. The Hall–Kier alpha value is -0.750. The lowest BCUT2D eigenvalue weighted by Gasteiger charge is -2.30. The monoisotopic (exact) mass is 288 g/mol. The van der Waals surface area contributed by atoms with Gasteiger partial charge in [0.25, 0.3) is 0 Å². The first-order chi connectivity index (χ1) is 8.88. The van der Waals surface area contributed by atoms with E-state index in [0.717, 1.165) is 6.42 Å². The number of hydrogen-bond acceptors (Lipinski definition) is 4. The fraction of sp³-hybridized carbons (Fsp3) is 0.846. The first-order valence-electron chi connectivity index (χ1n) is 6.77. The van der Waals surface area contributed by atoms with E-state index in [4.69, 9.17) is 0 Å². The van der Waals surface area contributed by atoms with E-state index in [1.54, 1.807) is 16.7 Å². The lowest BCUT2D eigenvalue weighted by molar-refractivity contribution is -0.149. The highest BCUT2D eigenvalue weighted by molar-refractivity contribution is 8.00. The number of thioether (sulfide) groups is 1. The second kappa shape index (κ2) is 7.14. The number of carbonyl (C=O) groups excluding carboxylic acids is 1. The quantitative estimate of drug-likeness (QED) is 0.773. The van der Waals surface area contributed by atoms with E-state index in [1.165, 1.54) is 0 Å². The number of nitrogens with one attached hydrogen (secondary N) is 1. The van der Waals surface area contributed by atoms with Gasteiger partial charge in [0.2, 0.25) is 5.91 Å². The summed E-state index contributed by atoms with van der Waals surface area (Å²) in [4.78, 5) is 25.1. The molecule has 0 radical (unpaired) electrons. The highest BCUT2D eigenvalue weighted by atomic mass is 32.2. The van der Waals surface area contributed by atoms with Crippen molar-refractivity contribution < 1.29 is 14.7 Å². The minimum absolute atomic E-state index is 0.0349. The molecule has 0 aliphatic carbocycles. The van der Waals surface area contributed by atoms with Gasteiger partial charge in [-0.15, -0.1) is 11.8 Å². The van der Waals surface area contributed by atoms with E-state index < -0.39 is 12.0 Å². The molecule has 0 bridgehead atoms. The largest absolute Gasteiger partial charge is 0.480 e. The molecule has 0 saturated carbocycles. The summed E-state index contributed by atoms with van der Waals surface area (Å²) in [5.74, 6) is -0.293. The summed E-state index contributed by atoms with van der Waals surface area (Å²) < 4.78 is 0. The van der Waals surface area contributed by atoms with Crippen LogP contribution >= 0.6 is 11.8 Å². The molecule has 5 nitrogen and oxygen atoms in total. The number of carboxylic acid groups (broad SMARTS) is 1. The number of amides is 1. The number of aliphatic carboxylic acids is 1. The van der Waals surface area contributed by atoms with Crippen LogP contribution in [0.1, 0.15) is 34.1 Å². The number of hydrogen-bond donors (Lipinski definition) is 2. The van der Waals surface area contributed by atoms with E-state index in [9.17, 15) is 14.7 Å². The molecule has 110 valence electrons. The Balaban J connectivity index is 2.72. The Morgan fingerprint density at radius 3 is 2.53 bits per heavy atom. The average Bonchev–Trinajstić information content (AvgIpc) is 2.80. The van der Waals surface area contributed by atoms with Crippen LogP contribution in [0.2, 0.25) is 0 Å². The van der Waals surface area contributed by atoms with Crippen LogP contribution in [-0.4, -0.2) is 51.6 Å². The molecule has 0 aromatic rings. The highest BCUT2D eigenvalue weighted by Crippen LogP contribution is 2.33. The first-order valence-corrected chi connectivity index (χ1v) is 7.82. The number of nitrogens with zero attached hydrogens (tertiary/aromatic N) is 1. The summed E-state index contributed by atoms with van der Waals surface area (Å²) >= 11 is 1.56. The minimum atomic E-state index is -0.910. The third-order valence-corrected chi connectivity index (χ3v) is 5.01. The van der Waals surface area contributed by atoms with Gasteiger partial charge in [0.05, 0.1) is 11.9 Å². The fourth-order valence-corrected chi connectivity index (χ4v) is 3.54. The number of carbonyl (C=O) groups is 2. The summed E-state index contributed by atoms with van der Waals surface area (Å²) in [5.41, 5.74) is 0. The summed E-state index contributed by atoms with van der Waals surface area (Å²) in [6.07, 6.45) is 0.942. The number of rotatable bonds is 6. The van der Waals surface area contributed by atoms with Gasteiger partial charge in [-0.2, -0.15) is 0 Å². The van der Waals surface area contributed by atoms with Crippen LogP contribution < -0.4 is 5.32 Å². The second-order valence-electron chi connectivity index (χ2n) is 5.31. The Bertz CT molecular complexity index is 336. The van der Waals surface area contributed by atoms with Crippen molar-refractivity contribution in [3.05, 3.63) is 0 Å². The van der Waals surface area contributed by atoms with Crippen LogP contribution in [0.5, 0.6) is 0 Å². The molecular formula is C13H24N2O3S. The third-order valence-electron chi connectivity index (χ3n) is 3.39. The zero-order valence-electron chi connectivity index (χ0n) is 12.0. The molecule has 1 aliphatic heterocycles. The molecule has 0 aromatic heterocycles. The molecule has 1 heterocycles. The van der Waals surface area contributed by atoms with Crippen LogP contribution in [-0.2, 0) is 9.59 Å². The molecule has 0 spiro atoms. The van der Waals surface area contributed by atoms with Crippen LogP contribution in [0.3, 0.4) is 0 Å². The van der Waals surface area contributed by atoms with Crippen LogP contribution in [0.15, 0.2) is 0 Å². The zero-order chi connectivity index (χ0) is 14.6. The van der Waals surface area contributed by atoms with Crippen LogP contribution in [0.25, 0.3) is 0 Å². The SMILES string of the molecule is CCC(C)NCC(=O)N1C(C(=O)O)CSC1C(C)C. The van der Waals surface area contributed by atoms with Gasteiger partial charge in [0.15, 0.2) is 0 Å². The molecule has 19 heavy (non-hydrogen) atoms. The highest BCUT2D eigenvalue weighted by Gasteiger charge is 2.42. The second-order valence-corrected chi connectivity index (χ2v) is 6.46. The zero-order valence-corrected chi connectivity index (χ0v) is 12.9. The molecule has 0 aromatic carbocycles. The van der Waals surface area contributed by atoms with E-state index in [2.05, 4.69) is 5.32 Å². The van der Waals surface area contributed by atoms with Gasteiger partial charge in [-0.3, -0.25) is 4.79 Å². The molecule has 1 rings (SSSR count). The van der Waals surface area contributed by atoms with Gasteiger partial charge in [-0.25, -0.2) is 4.79 Å². The predicted octanol–water partition coefficient (Wildman–Crippen LogP) is 1.39. The Labute approximate surface area is 119 Å². The number of carboxylic acids is 1. The molecule has 1 amide bonds. The topological polar surface area (TPSA) is 69.6 Å². The van der Waals surface area contributed by atoms with Crippen molar-refractivity contribution in [2.45, 2.75) is 51.6 Å². The first kappa shape index (κ1) is 16.3. The lowest BCUT2D eigenvalue weighted by Crippen LogP contribution is -2.50. The van der Waals surface area contributed by atoms with E-state index in [0.29, 0.717) is 5.75 Å². The Morgan fingerprint density at radius 2 is 2.05 bits per heavy atom. The van der Waals surface area contributed by atoms with Crippen molar-refractivity contribution in [3.63, 3.8) is 0 Å². The molecular weight excluding hydrogens is 264 g/mol. The molecule has 1 saturated heterocycles. The standard InChI is InChI=1S/C13H24N2O3S/c1-5-9(4)14-6-11(16)15-10(13(17)18)7-19-12(15)8(2)3/h8-10,12,14H,5-7H2,1-4H3,(H,17,18). The smallest absolute Gasteiger partial charge is 0.327 e. The summed E-state index contributed by atoms with van der Waals surface area (Å²) in [5, 5.41) is 12.3. The minimum Gasteiger partial charge on any atom is -0.480 e. The van der Waals surface area contributed by atoms with Gasteiger partial charge < -0.3 is 15.3 Å². The van der Waals surface area contributed by atoms with Crippen LogP contribution in [0.4, 0.5) is 0 Å². The molecule has 6 heteroatoms. The lowest BCUT2D eigenvalue weighted by atomic mass is 10.1. The van der Waals surface area contributed by atoms with Crippen LogP contribution in [0, 0.1) is 5.92 Å². The normalized spacial score (nSPS) is 24.8. The maximum absolute atomic E-state index is 12.3. The molecule has 1 aliphatic rings. The summed E-state index contributed by atoms with van der Waals surface area (Å²) in [6.45, 7) is 8.31. The third kappa shape index (κ3) is 4.11. The van der Waals surface area contributed by atoms with Gasteiger partial charge in [0.1, 0.15) is 6.04 Å². The summed E-state index contributed by atoms with van der Waals surface area (Å²) in [6, 6.07) is -0.427. The van der Waals surface area contributed by atoms with Gasteiger partial charge in [0, 0.05) is 11.8 Å². The predicted molar refractivity (Wildman–Crippen MR) is 77.1 cm³/mol. The van der Waals surface area contributed by atoms with E-state index in [-0.39, 0.29) is 29.8 Å². The van der Waals surface area contributed by atoms with Gasteiger partial charge >= 0.3 is 5.97 Å². The van der Waals surface area contributed by atoms with Gasteiger partial charge in [-0.1, -0.05) is 20.8 Å².